The summed E-state index contributed by atoms with van der Waals surface area (Å²) in [7, 11) is 0. The summed E-state index contributed by atoms with van der Waals surface area (Å²) in [6, 6.07) is 2.53. The summed E-state index contributed by atoms with van der Waals surface area (Å²) in [4.78, 5) is 0. The van der Waals surface area contributed by atoms with E-state index in [-0.39, 0.29) is 5.54 Å². The van der Waals surface area contributed by atoms with Crippen molar-refractivity contribution in [2.75, 3.05) is 12.3 Å². The molecule has 17 heavy (non-hydrogen) atoms. The average molecular weight is 254 g/mol. The molecule has 0 aromatic rings. The third-order valence-corrected chi connectivity index (χ3v) is 4.93. The molecule has 0 radical (unpaired) electrons. The van der Waals surface area contributed by atoms with Gasteiger partial charge in [-0.05, 0) is 44.4 Å². The van der Waals surface area contributed by atoms with Crippen LogP contribution in [0.2, 0.25) is 0 Å². The van der Waals surface area contributed by atoms with Gasteiger partial charge in [-0.3, -0.25) is 5.32 Å². The SMILES string of the molecule is CCCCCSC1CCCC(C#N)(NCC)C1. The summed E-state index contributed by atoms with van der Waals surface area (Å²) < 4.78 is 0. The van der Waals surface area contributed by atoms with Crippen LogP contribution in [0.25, 0.3) is 0 Å². The van der Waals surface area contributed by atoms with Gasteiger partial charge in [0.2, 0.25) is 0 Å². The number of nitrogens with one attached hydrogen (secondary N) is 1. The van der Waals surface area contributed by atoms with E-state index < -0.39 is 0 Å². The maximum absolute atomic E-state index is 9.38. The van der Waals surface area contributed by atoms with E-state index in [1.165, 1.54) is 37.9 Å². The molecule has 0 saturated heterocycles. The van der Waals surface area contributed by atoms with Crippen molar-refractivity contribution in [3.8, 4) is 6.07 Å². The molecule has 1 N–H and O–H groups in total. The fourth-order valence-corrected chi connectivity index (χ4v) is 4.05. The Morgan fingerprint density at radius 1 is 1.41 bits per heavy atom. The van der Waals surface area contributed by atoms with Gasteiger partial charge in [-0.1, -0.05) is 26.7 Å². The standard InChI is InChI=1S/C14H26N2S/c1-3-5-6-10-17-13-8-7-9-14(11-13,12-15)16-4-2/h13,16H,3-11H2,1-2H3. The fourth-order valence-electron chi connectivity index (χ4n) is 2.61. The van der Waals surface area contributed by atoms with Crippen molar-refractivity contribution in [1.82, 2.24) is 5.32 Å². The van der Waals surface area contributed by atoms with Crippen molar-refractivity contribution in [3.05, 3.63) is 0 Å². The summed E-state index contributed by atoms with van der Waals surface area (Å²) in [5.74, 6) is 1.27. The number of nitriles is 1. The summed E-state index contributed by atoms with van der Waals surface area (Å²) in [5, 5.41) is 13.5. The maximum Gasteiger partial charge on any atom is 0.107 e. The van der Waals surface area contributed by atoms with Crippen LogP contribution < -0.4 is 5.32 Å². The first-order valence-corrected chi connectivity index (χ1v) is 8.09. The van der Waals surface area contributed by atoms with Crippen LogP contribution in [0.3, 0.4) is 0 Å². The molecule has 0 heterocycles. The number of hydrogen-bond donors (Lipinski definition) is 1. The van der Waals surface area contributed by atoms with Crippen molar-refractivity contribution in [3.63, 3.8) is 0 Å². The molecule has 1 aliphatic carbocycles. The molecule has 1 aliphatic rings. The Balaban J connectivity index is 2.35. The highest BCUT2D eigenvalue weighted by molar-refractivity contribution is 7.99. The van der Waals surface area contributed by atoms with Gasteiger partial charge in [0.1, 0.15) is 5.54 Å². The zero-order valence-corrected chi connectivity index (χ0v) is 12.1. The second-order valence-electron chi connectivity index (χ2n) is 5.02. The normalized spacial score (nSPS) is 28.9. The lowest BCUT2D eigenvalue weighted by Crippen LogP contribution is -2.48. The van der Waals surface area contributed by atoms with Crippen LogP contribution in [0.5, 0.6) is 0 Å². The Morgan fingerprint density at radius 3 is 2.88 bits per heavy atom. The minimum Gasteiger partial charge on any atom is -0.300 e. The van der Waals surface area contributed by atoms with E-state index in [1.807, 2.05) is 0 Å². The van der Waals surface area contributed by atoms with E-state index in [1.54, 1.807) is 0 Å². The van der Waals surface area contributed by atoms with Crippen molar-refractivity contribution in [2.45, 2.75) is 69.6 Å². The lowest BCUT2D eigenvalue weighted by molar-refractivity contribution is 0.309. The van der Waals surface area contributed by atoms with Crippen LogP contribution in [-0.2, 0) is 0 Å². The molecule has 2 atom stereocenters. The third-order valence-electron chi connectivity index (χ3n) is 3.54. The van der Waals surface area contributed by atoms with Gasteiger partial charge in [-0.2, -0.15) is 17.0 Å². The highest BCUT2D eigenvalue weighted by atomic mass is 32.2. The van der Waals surface area contributed by atoms with Gasteiger partial charge in [-0.25, -0.2) is 0 Å². The Hall–Kier alpha value is -0.200. The second-order valence-corrected chi connectivity index (χ2v) is 6.43. The number of rotatable bonds is 7. The molecule has 0 aromatic carbocycles. The van der Waals surface area contributed by atoms with Gasteiger partial charge in [0, 0.05) is 5.25 Å². The van der Waals surface area contributed by atoms with Crippen LogP contribution in [0.4, 0.5) is 0 Å². The number of thioether (sulfide) groups is 1. The molecule has 3 heteroatoms. The minimum absolute atomic E-state index is 0.227. The maximum atomic E-state index is 9.38. The molecule has 0 aliphatic heterocycles. The van der Waals surface area contributed by atoms with Gasteiger partial charge in [-0.15, -0.1) is 0 Å². The smallest absolute Gasteiger partial charge is 0.107 e. The molecule has 0 spiro atoms. The molecule has 1 saturated carbocycles. The molecule has 2 unspecified atom stereocenters. The Kier molecular flexibility index (Phi) is 6.99. The van der Waals surface area contributed by atoms with E-state index in [4.69, 9.17) is 0 Å². The molecule has 0 amide bonds. The predicted octanol–water partition coefficient (Wildman–Crippen LogP) is 3.72. The van der Waals surface area contributed by atoms with Crippen molar-refractivity contribution >= 4 is 11.8 Å². The van der Waals surface area contributed by atoms with Crippen LogP contribution >= 0.6 is 11.8 Å². The molecule has 0 bridgehead atoms. The topological polar surface area (TPSA) is 35.8 Å². The summed E-state index contributed by atoms with van der Waals surface area (Å²) in [6.45, 7) is 5.25. The van der Waals surface area contributed by atoms with Crippen LogP contribution in [0.1, 0.15) is 58.8 Å². The molecule has 98 valence electrons. The minimum atomic E-state index is -0.227. The van der Waals surface area contributed by atoms with Crippen LogP contribution in [0.15, 0.2) is 0 Å². The monoisotopic (exact) mass is 254 g/mol. The van der Waals surface area contributed by atoms with Crippen LogP contribution in [-0.4, -0.2) is 23.1 Å². The quantitative estimate of drug-likeness (QED) is 0.703. The first kappa shape index (κ1) is 14.9. The van der Waals surface area contributed by atoms with Crippen LogP contribution in [0, 0.1) is 11.3 Å². The summed E-state index contributed by atoms with van der Waals surface area (Å²) >= 11 is 2.09. The highest BCUT2D eigenvalue weighted by Crippen LogP contribution is 2.35. The van der Waals surface area contributed by atoms with E-state index in [0.717, 1.165) is 19.4 Å². The van der Waals surface area contributed by atoms with Gasteiger partial charge < -0.3 is 0 Å². The van der Waals surface area contributed by atoms with Gasteiger partial charge in [0.25, 0.3) is 0 Å². The summed E-state index contributed by atoms with van der Waals surface area (Å²) in [5.41, 5.74) is -0.227. The lowest BCUT2D eigenvalue weighted by atomic mass is 9.82. The molecule has 0 aromatic heterocycles. The lowest BCUT2D eigenvalue weighted by Gasteiger charge is -2.36. The molecule has 1 rings (SSSR count). The number of hydrogen-bond acceptors (Lipinski definition) is 3. The molecular weight excluding hydrogens is 228 g/mol. The zero-order chi connectivity index (χ0) is 12.6. The van der Waals surface area contributed by atoms with Crippen molar-refractivity contribution < 1.29 is 0 Å². The van der Waals surface area contributed by atoms with E-state index >= 15 is 0 Å². The highest BCUT2D eigenvalue weighted by Gasteiger charge is 2.35. The summed E-state index contributed by atoms with van der Waals surface area (Å²) in [6.07, 6.45) is 8.54. The molecule has 2 nitrogen and oxygen atoms in total. The second kappa shape index (κ2) is 8.00. The van der Waals surface area contributed by atoms with Gasteiger partial charge >= 0.3 is 0 Å². The molecule has 1 fully saturated rings. The fraction of sp³-hybridized carbons (Fsp3) is 0.929. The first-order valence-electron chi connectivity index (χ1n) is 7.04. The first-order chi connectivity index (χ1) is 8.26. The Bertz CT molecular complexity index is 245. The number of nitrogens with zero attached hydrogens (tertiary/aromatic N) is 1. The van der Waals surface area contributed by atoms with Gasteiger partial charge in [0.15, 0.2) is 0 Å². The predicted molar refractivity (Wildman–Crippen MR) is 76.3 cm³/mol. The largest absolute Gasteiger partial charge is 0.300 e. The number of unbranched alkanes of at least 4 members (excludes halogenated alkanes) is 2. The zero-order valence-electron chi connectivity index (χ0n) is 11.3. The van der Waals surface area contributed by atoms with Crippen molar-refractivity contribution in [1.29, 1.82) is 5.26 Å². The van der Waals surface area contributed by atoms with E-state index in [2.05, 4.69) is 37.0 Å². The Labute approximate surface area is 111 Å². The van der Waals surface area contributed by atoms with Crippen molar-refractivity contribution in [2.24, 2.45) is 0 Å². The third kappa shape index (κ3) is 4.89. The average Bonchev–Trinajstić information content (AvgIpc) is 2.35. The van der Waals surface area contributed by atoms with Gasteiger partial charge in [0.05, 0.1) is 6.07 Å². The Morgan fingerprint density at radius 2 is 2.24 bits per heavy atom. The van der Waals surface area contributed by atoms with E-state index in [9.17, 15) is 5.26 Å². The van der Waals surface area contributed by atoms with E-state index in [0.29, 0.717) is 5.25 Å². The molecular formula is C14H26N2S.